The monoisotopic (exact) mass is 418 g/mol. The Hall–Kier alpha value is -2.19. The molecule has 4 nitrogen and oxygen atoms in total. The molecule has 0 aliphatic carbocycles. The third-order valence-corrected chi connectivity index (χ3v) is 6.46. The van der Waals surface area contributed by atoms with E-state index in [4.69, 9.17) is 0 Å². The van der Waals surface area contributed by atoms with Crippen molar-refractivity contribution in [2.45, 2.75) is 52.1 Å². The second-order valence-corrected chi connectivity index (χ2v) is 8.74. The second-order valence-electron chi connectivity index (χ2n) is 8.74. The molecule has 166 valence electrons. The van der Waals surface area contributed by atoms with E-state index in [9.17, 15) is 5.26 Å². The van der Waals surface area contributed by atoms with Crippen LogP contribution in [0.1, 0.15) is 60.9 Å². The zero-order chi connectivity index (χ0) is 21.9. The van der Waals surface area contributed by atoms with Gasteiger partial charge in [-0.05, 0) is 36.1 Å². The molecule has 1 aliphatic rings. The van der Waals surface area contributed by atoms with Gasteiger partial charge in [0.25, 0.3) is 0 Å². The zero-order valence-corrected chi connectivity index (χ0v) is 19.3. The minimum Gasteiger partial charge on any atom is -0.311 e. The number of unbranched alkanes of at least 4 members (excludes halogenated alkanes) is 2. The Labute approximate surface area is 188 Å². The predicted octanol–water partition coefficient (Wildman–Crippen LogP) is 4.90. The summed E-state index contributed by atoms with van der Waals surface area (Å²) in [6.45, 7) is 11.9. The summed E-state index contributed by atoms with van der Waals surface area (Å²) < 4.78 is 0. The van der Waals surface area contributed by atoms with Crippen molar-refractivity contribution in [3.63, 3.8) is 0 Å². The van der Waals surface area contributed by atoms with E-state index in [1.165, 1.54) is 36.8 Å². The minimum atomic E-state index is 0.469. The number of hydrogen-bond acceptors (Lipinski definition) is 4. The zero-order valence-electron chi connectivity index (χ0n) is 19.3. The molecular formula is C27H38N4. The van der Waals surface area contributed by atoms with E-state index in [2.05, 4.69) is 77.5 Å². The summed E-state index contributed by atoms with van der Waals surface area (Å²) in [4.78, 5) is 5.26. The third kappa shape index (κ3) is 7.18. The lowest BCUT2D eigenvalue weighted by molar-refractivity contribution is 0.0910. The first-order valence-electron chi connectivity index (χ1n) is 11.9. The van der Waals surface area contributed by atoms with Gasteiger partial charge >= 0.3 is 0 Å². The molecule has 1 aliphatic heterocycles. The number of nitrogens with zero attached hydrogens (tertiary/aromatic N) is 3. The highest BCUT2D eigenvalue weighted by molar-refractivity contribution is 5.40. The van der Waals surface area contributed by atoms with E-state index in [1.807, 2.05) is 6.07 Å². The second kappa shape index (κ2) is 12.6. The van der Waals surface area contributed by atoms with Crippen LogP contribution >= 0.6 is 0 Å². The smallest absolute Gasteiger partial charge is 0.0994 e. The van der Waals surface area contributed by atoms with Crippen LogP contribution in [-0.2, 0) is 6.54 Å². The normalized spacial score (nSPS) is 16.2. The van der Waals surface area contributed by atoms with Crippen molar-refractivity contribution < 1.29 is 0 Å². The maximum absolute atomic E-state index is 9.28. The van der Waals surface area contributed by atoms with E-state index < -0.39 is 0 Å². The van der Waals surface area contributed by atoms with Gasteiger partial charge in [0.05, 0.1) is 11.6 Å². The quantitative estimate of drug-likeness (QED) is 0.527. The molecule has 0 aromatic heterocycles. The molecule has 0 bridgehead atoms. The van der Waals surface area contributed by atoms with E-state index in [1.54, 1.807) is 0 Å². The Kier molecular flexibility index (Phi) is 9.55. The predicted molar refractivity (Wildman–Crippen MR) is 129 cm³/mol. The van der Waals surface area contributed by atoms with Gasteiger partial charge in [-0.25, -0.2) is 0 Å². The van der Waals surface area contributed by atoms with Crippen LogP contribution < -0.4 is 5.32 Å². The topological polar surface area (TPSA) is 42.3 Å². The van der Waals surface area contributed by atoms with Crippen molar-refractivity contribution in [3.8, 4) is 6.07 Å². The molecule has 1 N–H and O–H groups in total. The number of benzene rings is 2. The van der Waals surface area contributed by atoms with Crippen LogP contribution in [0.5, 0.6) is 0 Å². The van der Waals surface area contributed by atoms with Gasteiger partial charge in [-0.3, -0.25) is 9.80 Å². The van der Waals surface area contributed by atoms with Crippen LogP contribution in [0.2, 0.25) is 0 Å². The molecule has 3 rings (SSSR count). The minimum absolute atomic E-state index is 0.469. The van der Waals surface area contributed by atoms with Crippen LogP contribution in [0.15, 0.2) is 48.5 Å². The average molecular weight is 419 g/mol. The number of aryl methyl sites for hydroxylation is 1. The fourth-order valence-corrected chi connectivity index (χ4v) is 4.53. The Morgan fingerprint density at radius 1 is 1.03 bits per heavy atom. The molecule has 1 fully saturated rings. The fraction of sp³-hybridized carbons (Fsp3) is 0.519. The van der Waals surface area contributed by atoms with E-state index in [0.717, 1.165) is 56.9 Å². The molecule has 1 heterocycles. The Bertz CT molecular complexity index is 819. The molecule has 1 unspecified atom stereocenters. The Morgan fingerprint density at radius 2 is 1.81 bits per heavy atom. The van der Waals surface area contributed by atoms with Crippen LogP contribution in [0.4, 0.5) is 0 Å². The van der Waals surface area contributed by atoms with Gasteiger partial charge in [0, 0.05) is 51.9 Å². The van der Waals surface area contributed by atoms with Crippen molar-refractivity contribution in [2.24, 2.45) is 0 Å². The molecule has 0 amide bonds. The van der Waals surface area contributed by atoms with Crippen LogP contribution in [0, 0.1) is 18.3 Å². The first kappa shape index (κ1) is 23.5. The van der Waals surface area contributed by atoms with Gasteiger partial charge in [0.1, 0.15) is 0 Å². The fourth-order valence-electron chi connectivity index (χ4n) is 4.53. The summed E-state index contributed by atoms with van der Waals surface area (Å²) in [7, 11) is 0. The summed E-state index contributed by atoms with van der Waals surface area (Å²) in [5.41, 5.74) is 4.62. The lowest BCUT2D eigenvalue weighted by Gasteiger charge is -2.40. The number of hydrogen-bond donors (Lipinski definition) is 1. The highest BCUT2D eigenvalue weighted by Gasteiger charge is 2.25. The summed E-state index contributed by atoms with van der Waals surface area (Å²) in [6.07, 6.45) is 5.02. The van der Waals surface area contributed by atoms with Crippen LogP contribution in [0.25, 0.3) is 0 Å². The van der Waals surface area contributed by atoms with Crippen LogP contribution in [-0.4, -0.2) is 49.1 Å². The molecule has 1 saturated heterocycles. The molecule has 1 atom stereocenters. The highest BCUT2D eigenvalue weighted by atomic mass is 15.3. The number of nitriles is 1. The number of rotatable bonds is 11. The van der Waals surface area contributed by atoms with Crippen molar-refractivity contribution in [3.05, 3.63) is 70.8 Å². The van der Waals surface area contributed by atoms with Gasteiger partial charge in [0.2, 0.25) is 0 Å². The van der Waals surface area contributed by atoms with Gasteiger partial charge < -0.3 is 5.32 Å². The van der Waals surface area contributed by atoms with Crippen molar-refractivity contribution in [2.75, 3.05) is 39.3 Å². The molecule has 0 radical (unpaired) electrons. The highest BCUT2D eigenvalue weighted by Crippen LogP contribution is 2.29. The molecule has 2 aromatic rings. The maximum Gasteiger partial charge on any atom is 0.0994 e. The van der Waals surface area contributed by atoms with Crippen molar-refractivity contribution in [1.29, 1.82) is 5.26 Å². The van der Waals surface area contributed by atoms with Gasteiger partial charge in [-0.15, -0.1) is 0 Å². The molecular weight excluding hydrogens is 380 g/mol. The van der Waals surface area contributed by atoms with Crippen molar-refractivity contribution >= 4 is 0 Å². The SMILES string of the molecule is CCCCCC(c1ccc(C#N)c(C)c1)N1CCN(CCNCc2ccccc2)CC1. The van der Waals surface area contributed by atoms with E-state index in [-0.39, 0.29) is 0 Å². The standard InChI is InChI=1S/C27H38N4/c1-3-4-6-11-27(25-12-13-26(21-28)23(2)20-25)31-18-16-30(17-19-31)15-14-29-22-24-9-7-5-8-10-24/h5,7-10,12-13,20,27,29H,3-4,6,11,14-19,22H2,1-2H3. The van der Waals surface area contributed by atoms with E-state index in [0.29, 0.717) is 6.04 Å². The Morgan fingerprint density at radius 3 is 2.48 bits per heavy atom. The molecule has 31 heavy (non-hydrogen) atoms. The van der Waals surface area contributed by atoms with E-state index >= 15 is 0 Å². The third-order valence-electron chi connectivity index (χ3n) is 6.46. The lowest BCUT2D eigenvalue weighted by Crippen LogP contribution is -2.49. The van der Waals surface area contributed by atoms with Crippen LogP contribution in [0.3, 0.4) is 0 Å². The summed E-state index contributed by atoms with van der Waals surface area (Å²) >= 11 is 0. The molecule has 0 saturated carbocycles. The lowest BCUT2D eigenvalue weighted by atomic mass is 9.95. The maximum atomic E-state index is 9.28. The van der Waals surface area contributed by atoms with Gasteiger partial charge in [0.15, 0.2) is 0 Å². The Balaban J connectivity index is 1.50. The number of piperazine rings is 1. The molecule has 0 spiro atoms. The summed E-state index contributed by atoms with van der Waals surface area (Å²) in [5, 5.41) is 12.9. The van der Waals surface area contributed by atoms with Gasteiger partial charge in [-0.2, -0.15) is 5.26 Å². The summed E-state index contributed by atoms with van der Waals surface area (Å²) in [5.74, 6) is 0. The summed E-state index contributed by atoms with van der Waals surface area (Å²) in [6, 6.07) is 19.8. The first-order valence-corrected chi connectivity index (χ1v) is 11.9. The molecule has 2 aromatic carbocycles. The average Bonchev–Trinajstić information content (AvgIpc) is 2.81. The number of nitrogens with one attached hydrogen (secondary N) is 1. The largest absolute Gasteiger partial charge is 0.311 e. The van der Waals surface area contributed by atoms with Gasteiger partial charge in [-0.1, -0.05) is 68.7 Å². The molecule has 4 heteroatoms. The first-order chi connectivity index (χ1) is 15.2. The van der Waals surface area contributed by atoms with Crippen molar-refractivity contribution in [1.82, 2.24) is 15.1 Å².